The largest absolute Gasteiger partial charge is 0.388 e. The molecule has 0 aromatic rings. The fraction of sp³-hybridized carbons (Fsp3) is 0.692. The van der Waals surface area contributed by atoms with Gasteiger partial charge in [-0.25, -0.2) is 0 Å². The third-order valence-electron chi connectivity index (χ3n) is 2.87. The van der Waals surface area contributed by atoms with Crippen molar-refractivity contribution in [2.45, 2.75) is 46.6 Å². The van der Waals surface area contributed by atoms with E-state index < -0.39 is 0 Å². The highest BCUT2D eigenvalue weighted by Crippen LogP contribution is 2.39. The number of hydrogen-bond acceptors (Lipinski definition) is 1. The molecular weight excluding hydrogens is 172 g/mol. The summed E-state index contributed by atoms with van der Waals surface area (Å²) >= 11 is 0. The average Bonchev–Trinajstić information content (AvgIpc) is 2.00. The lowest BCUT2D eigenvalue weighted by atomic mass is 9.71. The molecule has 1 rings (SSSR count). The second kappa shape index (κ2) is 4.31. The van der Waals surface area contributed by atoms with Crippen LogP contribution in [-0.4, -0.2) is 11.2 Å². The van der Waals surface area contributed by atoms with Gasteiger partial charge in [-0.05, 0) is 32.1 Å². The summed E-state index contributed by atoms with van der Waals surface area (Å²) in [5, 5.41) is 9.89. The van der Waals surface area contributed by atoms with Gasteiger partial charge in [-0.1, -0.05) is 37.6 Å². The molecule has 1 aliphatic carbocycles. The van der Waals surface area contributed by atoms with Gasteiger partial charge in [-0.15, -0.1) is 0 Å². The molecule has 0 amide bonds. The van der Waals surface area contributed by atoms with Gasteiger partial charge in [0.2, 0.25) is 0 Å². The van der Waals surface area contributed by atoms with Gasteiger partial charge in [0.05, 0.1) is 6.10 Å². The van der Waals surface area contributed by atoms with Crippen molar-refractivity contribution in [2.24, 2.45) is 11.3 Å². The van der Waals surface area contributed by atoms with Gasteiger partial charge in [-0.3, -0.25) is 0 Å². The van der Waals surface area contributed by atoms with Gasteiger partial charge in [0, 0.05) is 5.92 Å². The predicted octanol–water partition coefficient (Wildman–Crippen LogP) is 3.31. The van der Waals surface area contributed by atoms with Gasteiger partial charge in [0.1, 0.15) is 0 Å². The van der Waals surface area contributed by atoms with Gasteiger partial charge >= 0.3 is 0 Å². The number of rotatable bonds is 2. The molecule has 2 atom stereocenters. The molecule has 2 unspecified atom stereocenters. The Bertz CT molecular complexity index is 248. The Balaban J connectivity index is 2.75. The first-order valence-corrected chi connectivity index (χ1v) is 5.43. The molecule has 0 radical (unpaired) electrons. The molecule has 0 aromatic heterocycles. The highest BCUT2D eigenvalue weighted by molar-refractivity contribution is 5.13. The fourth-order valence-electron chi connectivity index (χ4n) is 2.51. The summed E-state index contributed by atoms with van der Waals surface area (Å²) in [6, 6.07) is 0. The molecule has 0 aromatic carbocycles. The van der Waals surface area contributed by atoms with Crippen molar-refractivity contribution in [1.82, 2.24) is 0 Å². The van der Waals surface area contributed by atoms with Crippen molar-refractivity contribution in [2.75, 3.05) is 0 Å². The van der Waals surface area contributed by atoms with E-state index in [1.807, 2.05) is 19.1 Å². The summed E-state index contributed by atoms with van der Waals surface area (Å²) in [5.74, 6) is 0.301. The second-order valence-electron chi connectivity index (χ2n) is 5.24. The summed E-state index contributed by atoms with van der Waals surface area (Å²) in [6.07, 6.45) is 7.97. The van der Waals surface area contributed by atoms with Crippen LogP contribution in [0.2, 0.25) is 0 Å². The van der Waals surface area contributed by atoms with Crippen LogP contribution < -0.4 is 0 Å². The summed E-state index contributed by atoms with van der Waals surface area (Å²) in [6.45, 7) is 8.67. The minimum absolute atomic E-state index is 0.301. The van der Waals surface area contributed by atoms with Crippen LogP contribution in [0.3, 0.4) is 0 Å². The van der Waals surface area contributed by atoms with Crippen LogP contribution in [0.4, 0.5) is 0 Å². The van der Waals surface area contributed by atoms with E-state index in [0.717, 1.165) is 12.8 Å². The lowest BCUT2D eigenvalue weighted by molar-refractivity contribution is 0.131. The van der Waals surface area contributed by atoms with Gasteiger partial charge in [0.25, 0.3) is 0 Å². The smallest absolute Gasteiger partial charge is 0.0783 e. The summed E-state index contributed by atoms with van der Waals surface area (Å²) in [7, 11) is 0. The Morgan fingerprint density at radius 2 is 2.21 bits per heavy atom. The maximum Gasteiger partial charge on any atom is 0.0783 e. The highest BCUT2D eigenvalue weighted by atomic mass is 16.3. The molecule has 1 aliphatic rings. The second-order valence-corrected chi connectivity index (χ2v) is 5.24. The van der Waals surface area contributed by atoms with Crippen molar-refractivity contribution in [3.63, 3.8) is 0 Å². The van der Waals surface area contributed by atoms with Gasteiger partial charge in [-0.2, -0.15) is 0 Å². The van der Waals surface area contributed by atoms with Crippen LogP contribution in [0.15, 0.2) is 23.8 Å². The molecule has 0 saturated carbocycles. The van der Waals surface area contributed by atoms with E-state index in [9.17, 15) is 5.11 Å². The molecule has 1 heteroatoms. The number of aliphatic hydroxyl groups is 1. The van der Waals surface area contributed by atoms with Crippen molar-refractivity contribution < 1.29 is 5.11 Å². The fourth-order valence-corrected chi connectivity index (χ4v) is 2.51. The Kier molecular flexibility index (Phi) is 3.54. The van der Waals surface area contributed by atoms with Crippen LogP contribution in [0.5, 0.6) is 0 Å². The molecular formula is C13H22O. The lowest BCUT2D eigenvalue weighted by Crippen LogP contribution is -2.28. The molecule has 0 heterocycles. The number of aliphatic hydroxyl groups excluding tert-OH is 1. The first kappa shape index (κ1) is 11.5. The summed E-state index contributed by atoms with van der Waals surface area (Å²) < 4.78 is 0. The van der Waals surface area contributed by atoms with E-state index >= 15 is 0 Å². The molecule has 80 valence electrons. The zero-order valence-electron chi connectivity index (χ0n) is 9.75. The molecule has 14 heavy (non-hydrogen) atoms. The van der Waals surface area contributed by atoms with Crippen molar-refractivity contribution >= 4 is 0 Å². The molecule has 0 bridgehead atoms. The van der Waals surface area contributed by atoms with E-state index in [1.54, 1.807) is 0 Å². The summed E-state index contributed by atoms with van der Waals surface area (Å²) in [5.41, 5.74) is 1.75. The Morgan fingerprint density at radius 1 is 1.57 bits per heavy atom. The van der Waals surface area contributed by atoms with Crippen LogP contribution in [0.1, 0.15) is 40.5 Å². The minimum Gasteiger partial charge on any atom is -0.388 e. The monoisotopic (exact) mass is 194 g/mol. The number of allylic oxidation sites excluding steroid dienone is 2. The maximum absolute atomic E-state index is 9.89. The van der Waals surface area contributed by atoms with Gasteiger partial charge < -0.3 is 5.11 Å². The quantitative estimate of drug-likeness (QED) is 0.669. The topological polar surface area (TPSA) is 20.2 Å². The van der Waals surface area contributed by atoms with E-state index in [0.29, 0.717) is 11.3 Å². The predicted molar refractivity (Wildman–Crippen MR) is 61.1 cm³/mol. The molecule has 0 aliphatic heterocycles. The van der Waals surface area contributed by atoms with Crippen LogP contribution in [0.25, 0.3) is 0 Å². The Labute approximate surface area is 87.5 Å². The van der Waals surface area contributed by atoms with Crippen molar-refractivity contribution in [3.05, 3.63) is 23.8 Å². The van der Waals surface area contributed by atoms with Crippen LogP contribution in [-0.2, 0) is 0 Å². The van der Waals surface area contributed by atoms with Crippen molar-refractivity contribution in [3.8, 4) is 0 Å². The zero-order chi connectivity index (χ0) is 10.8. The Hall–Kier alpha value is -0.560. The van der Waals surface area contributed by atoms with Crippen LogP contribution in [0, 0.1) is 11.3 Å². The Morgan fingerprint density at radius 3 is 2.71 bits per heavy atom. The van der Waals surface area contributed by atoms with E-state index in [4.69, 9.17) is 0 Å². The molecule has 0 spiro atoms. The summed E-state index contributed by atoms with van der Waals surface area (Å²) in [4.78, 5) is 0. The first-order chi connectivity index (χ1) is 6.44. The third-order valence-corrected chi connectivity index (χ3v) is 2.87. The minimum atomic E-state index is -0.311. The maximum atomic E-state index is 9.89. The number of hydrogen-bond donors (Lipinski definition) is 1. The average molecular weight is 194 g/mol. The highest BCUT2D eigenvalue weighted by Gasteiger charge is 2.29. The van der Waals surface area contributed by atoms with Crippen molar-refractivity contribution in [1.29, 1.82) is 0 Å². The molecule has 1 N–H and O–H groups in total. The first-order valence-electron chi connectivity index (χ1n) is 5.43. The third kappa shape index (κ3) is 2.98. The molecule has 1 nitrogen and oxygen atoms in total. The van der Waals surface area contributed by atoms with E-state index in [-0.39, 0.29) is 6.10 Å². The standard InChI is InChI=1S/C13H22O/c1-5-6-12(14)11-7-10(2)8-13(3,4)9-11/h5-7,11-12,14H,8-9H2,1-4H3/b6-5+. The zero-order valence-corrected chi connectivity index (χ0v) is 9.75. The van der Waals surface area contributed by atoms with E-state index in [1.165, 1.54) is 5.57 Å². The SMILES string of the molecule is C/C=C/C(O)C1C=C(C)CC(C)(C)C1. The van der Waals surface area contributed by atoms with Crippen LogP contribution >= 0.6 is 0 Å². The normalized spacial score (nSPS) is 28.9. The van der Waals surface area contributed by atoms with E-state index in [2.05, 4.69) is 26.8 Å². The molecule has 0 saturated heterocycles. The van der Waals surface area contributed by atoms with Gasteiger partial charge in [0.15, 0.2) is 0 Å². The lowest BCUT2D eigenvalue weighted by Gasteiger charge is -2.35. The molecule has 0 fully saturated rings.